The van der Waals surface area contributed by atoms with Crippen LogP contribution >= 0.6 is 12.4 Å². The Morgan fingerprint density at radius 3 is 2.33 bits per heavy atom. The van der Waals surface area contributed by atoms with Gasteiger partial charge in [-0.25, -0.2) is 0 Å². The van der Waals surface area contributed by atoms with E-state index in [1.165, 1.54) is 0 Å². The van der Waals surface area contributed by atoms with Gasteiger partial charge in [0.2, 0.25) is 5.91 Å². The van der Waals surface area contributed by atoms with Gasteiger partial charge in [0.15, 0.2) is 0 Å². The number of hydrogen-bond donors (Lipinski definition) is 2. The number of carbonyl (C=O) groups is 1. The fourth-order valence-electron chi connectivity index (χ4n) is 1.79. The van der Waals surface area contributed by atoms with Crippen LogP contribution in [-0.2, 0) is 9.53 Å². The van der Waals surface area contributed by atoms with Crippen LogP contribution in [0.25, 0.3) is 0 Å². The van der Waals surface area contributed by atoms with E-state index in [0.717, 1.165) is 0 Å². The summed E-state index contributed by atoms with van der Waals surface area (Å²) in [6.45, 7) is 0.576. The summed E-state index contributed by atoms with van der Waals surface area (Å²) in [6.07, 6.45) is -4.35. The molecule has 1 fully saturated rings. The molecule has 0 unspecified atom stereocenters. The van der Waals surface area contributed by atoms with Crippen molar-refractivity contribution < 1.29 is 22.7 Å². The van der Waals surface area contributed by atoms with Crippen LogP contribution < -0.4 is 11.1 Å². The van der Waals surface area contributed by atoms with Gasteiger partial charge in [-0.2, -0.15) is 13.2 Å². The first-order chi connectivity index (χ1) is 7.90. The number of nitrogens with one attached hydrogen (secondary N) is 1. The number of rotatable bonds is 4. The van der Waals surface area contributed by atoms with Crippen molar-refractivity contribution in [1.29, 1.82) is 0 Å². The maximum absolute atomic E-state index is 11.9. The van der Waals surface area contributed by atoms with Gasteiger partial charge in [-0.05, 0) is 12.8 Å². The average Bonchev–Trinajstić information content (AvgIpc) is 2.28. The number of ether oxygens (including phenoxy) is 1. The van der Waals surface area contributed by atoms with Crippen LogP contribution in [0.1, 0.15) is 19.3 Å². The van der Waals surface area contributed by atoms with Crippen molar-refractivity contribution in [2.24, 2.45) is 11.1 Å². The first kappa shape index (κ1) is 17.5. The highest BCUT2D eigenvalue weighted by Gasteiger charge is 2.39. The summed E-state index contributed by atoms with van der Waals surface area (Å²) in [5, 5.41) is 2.31. The summed E-state index contributed by atoms with van der Waals surface area (Å²) in [5.41, 5.74) is 4.80. The molecule has 8 heteroatoms. The summed E-state index contributed by atoms with van der Waals surface area (Å²) in [5.74, 6) is -0.396. The molecule has 1 saturated heterocycles. The molecule has 0 aromatic rings. The Morgan fingerprint density at radius 2 is 1.89 bits per heavy atom. The maximum Gasteiger partial charge on any atom is 0.390 e. The van der Waals surface area contributed by atoms with Gasteiger partial charge in [-0.1, -0.05) is 0 Å². The molecule has 0 aliphatic carbocycles. The summed E-state index contributed by atoms with van der Waals surface area (Å²) in [4.78, 5) is 11.8. The fraction of sp³-hybridized carbons (Fsp3) is 0.900. The third kappa shape index (κ3) is 4.99. The minimum Gasteiger partial charge on any atom is -0.381 e. The van der Waals surface area contributed by atoms with Gasteiger partial charge >= 0.3 is 6.18 Å². The second-order valence-corrected chi connectivity index (χ2v) is 4.22. The van der Waals surface area contributed by atoms with Gasteiger partial charge in [0.1, 0.15) is 0 Å². The normalized spacial score (nSPS) is 18.9. The summed E-state index contributed by atoms with van der Waals surface area (Å²) < 4.78 is 40.9. The highest BCUT2D eigenvalue weighted by molar-refractivity contribution is 5.85. The first-order valence-electron chi connectivity index (χ1n) is 5.52. The van der Waals surface area contributed by atoms with Gasteiger partial charge in [0.05, 0.1) is 11.8 Å². The van der Waals surface area contributed by atoms with Crippen molar-refractivity contribution in [3.8, 4) is 0 Å². The maximum atomic E-state index is 11.9. The molecular formula is C10H18ClF3N2O2. The molecule has 0 spiro atoms. The van der Waals surface area contributed by atoms with Gasteiger partial charge in [0, 0.05) is 26.3 Å². The lowest BCUT2D eigenvalue weighted by Gasteiger charge is -2.34. The Balaban J connectivity index is 0.00000289. The third-order valence-corrected chi connectivity index (χ3v) is 3.02. The summed E-state index contributed by atoms with van der Waals surface area (Å²) >= 11 is 0. The molecule has 1 aliphatic rings. The zero-order valence-corrected chi connectivity index (χ0v) is 10.7. The van der Waals surface area contributed by atoms with Gasteiger partial charge < -0.3 is 15.8 Å². The highest BCUT2D eigenvalue weighted by Crippen LogP contribution is 2.29. The van der Waals surface area contributed by atoms with Crippen molar-refractivity contribution in [2.45, 2.75) is 25.4 Å². The highest BCUT2D eigenvalue weighted by atomic mass is 35.5. The predicted octanol–water partition coefficient (Wildman–Crippen LogP) is 1.23. The van der Waals surface area contributed by atoms with Crippen molar-refractivity contribution in [3.63, 3.8) is 0 Å². The Kier molecular flexibility index (Phi) is 6.94. The van der Waals surface area contributed by atoms with Crippen LogP contribution in [0.15, 0.2) is 0 Å². The Bertz CT molecular complexity index is 268. The molecule has 1 aliphatic heterocycles. The molecule has 0 radical (unpaired) electrons. The number of nitrogens with two attached hydrogens (primary N) is 1. The Morgan fingerprint density at radius 1 is 1.33 bits per heavy atom. The van der Waals surface area contributed by atoms with Crippen LogP contribution in [0.2, 0.25) is 0 Å². The topological polar surface area (TPSA) is 64.4 Å². The molecule has 18 heavy (non-hydrogen) atoms. The van der Waals surface area contributed by atoms with E-state index in [1.54, 1.807) is 0 Å². The van der Waals surface area contributed by atoms with Crippen LogP contribution in [0.3, 0.4) is 0 Å². The number of alkyl halides is 3. The van der Waals surface area contributed by atoms with Gasteiger partial charge in [-0.15, -0.1) is 12.4 Å². The molecule has 108 valence electrons. The number of hydrogen-bond acceptors (Lipinski definition) is 3. The largest absolute Gasteiger partial charge is 0.390 e. The fourth-order valence-corrected chi connectivity index (χ4v) is 1.79. The van der Waals surface area contributed by atoms with E-state index in [2.05, 4.69) is 5.32 Å². The van der Waals surface area contributed by atoms with E-state index >= 15 is 0 Å². The van der Waals surface area contributed by atoms with Crippen LogP contribution in [0.5, 0.6) is 0 Å². The zero-order chi connectivity index (χ0) is 12.9. The lowest BCUT2D eigenvalue weighted by molar-refractivity contribution is -0.141. The van der Waals surface area contributed by atoms with Crippen molar-refractivity contribution in [1.82, 2.24) is 5.32 Å². The number of carbonyl (C=O) groups excluding carboxylic acids is 1. The van der Waals surface area contributed by atoms with E-state index < -0.39 is 30.5 Å². The second-order valence-electron chi connectivity index (χ2n) is 4.22. The standard InChI is InChI=1S/C10H17F3N2O2.ClH/c11-10(12,13)1-4-15-8(16)9(7-14)2-5-17-6-3-9;/h1-7,14H2,(H,15,16);1H. The van der Waals surface area contributed by atoms with E-state index in [0.29, 0.717) is 26.1 Å². The molecule has 0 aromatic heterocycles. The molecule has 0 saturated carbocycles. The van der Waals surface area contributed by atoms with Crippen molar-refractivity contribution >= 4 is 18.3 Å². The lowest BCUT2D eigenvalue weighted by Crippen LogP contribution is -2.49. The van der Waals surface area contributed by atoms with E-state index in [-0.39, 0.29) is 19.0 Å². The average molecular weight is 291 g/mol. The first-order valence-corrected chi connectivity index (χ1v) is 5.52. The van der Waals surface area contributed by atoms with Crippen molar-refractivity contribution in [2.75, 3.05) is 26.3 Å². The molecule has 1 rings (SSSR count). The third-order valence-electron chi connectivity index (χ3n) is 3.02. The number of halogens is 4. The summed E-state index contributed by atoms with van der Waals surface area (Å²) in [7, 11) is 0. The monoisotopic (exact) mass is 290 g/mol. The second kappa shape index (κ2) is 7.16. The molecule has 4 nitrogen and oxygen atoms in total. The zero-order valence-electron chi connectivity index (χ0n) is 9.89. The van der Waals surface area contributed by atoms with Crippen LogP contribution in [-0.4, -0.2) is 38.4 Å². The van der Waals surface area contributed by atoms with Crippen LogP contribution in [0, 0.1) is 5.41 Å². The van der Waals surface area contributed by atoms with Crippen LogP contribution in [0.4, 0.5) is 13.2 Å². The van der Waals surface area contributed by atoms with E-state index in [9.17, 15) is 18.0 Å². The van der Waals surface area contributed by atoms with Gasteiger partial charge in [0.25, 0.3) is 0 Å². The minimum atomic E-state index is -4.25. The van der Waals surface area contributed by atoms with E-state index in [1.807, 2.05) is 0 Å². The molecule has 1 heterocycles. The Labute approximate surface area is 110 Å². The molecular weight excluding hydrogens is 273 g/mol. The number of amides is 1. The molecule has 0 atom stereocenters. The summed E-state index contributed by atoms with van der Waals surface area (Å²) in [6, 6.07) is 0. The van der Waals surface area contributed by atoms with E-state index in [4.69, 9.17) is 10.5 Å². The Hall–Kier alpha value is -0.530. The van der Waals surface area contributed by atoms with Gasteiger partial charge in [-0.3, -0.25) is 4.79 Å². The predicted molar refractivity (Wildman–Crippen MR) is 62.5 cm³/mol. The molecule has 0 aromatic carbocycles. The smallest absolute Gasteiger partial charge is 0.381 e. The quantitative estimate of drug-likeness (QED) is 0.818. The SMILES string of the molecule is Cl.NCC1(C(=O)NCCC(F)(F)F)CCOCC1. The molecule has 0 bridgehead atoms. The van der Waals surface area contributed by atoms with Crippen molar-refractivity contribution in [3.05, 3.63) is 0 Å². The minimum absolute atomic E-state index is 0. The lowest BCUT2D eigenvalue weighted by atomic mass is 9.79. The molecule has 1 amide bonds. The molecule has 3 N–H and O–H groups in total.